The highest BCUT2D eigenvalue weighted by Crippen LogP contribution is 2.19. The molecule has 1 rings (SSSR count). The average molecular weight is 281 g/mol. The highest BCUT2D eigenvalue weighted by molar-refractivity contribution is 5.16. The van der Waals surface area contributed by atoms with Crippen molar-refractivity contribution in [1.82, 2.24) is 5.32 Å². The second-order valence-electron chi connectivity index (χ2n) is 6.65. The molecule has 3 heteroatoms. The molecule has 0 fully saturated rings. The maximum atomic E-state index is 13.0. The molecule has 0 saturated carbocycles. The summed E-state index contributed by atoms with van der Waals surface area (Å²) in [7, 11) is 1.74. The molecule has 0 amide bonds. The van der Waals surface area contributed by atoms with Crippen LogP contribution in [0.4, 0.5) is 4.39 Å². The molecule has 1 aromatic carbocycles. The number of ether oxygens (including phenoxy) is 1. The Bertz CT molecular complexity index is 383. The van der Waals surface area contributed by atoms with Gasteiger partial charge in [0.2, 0.25) is 0 Å². The van der Waals surface area contributed by atoms with Gasteiger partial charge in [0.25, 0.3) is 0 Å². The highest BCUT2D eigenvalue weighted by Gasteiger charge is 2.20. The van der Waals surface area contributed by atoms with Crippen LogP contribution in [0.15, 0.2) is 24.3 Å². The summed E-state index contributed by atoms with van der Waals surface area (Å²) in [6, 6.07) is 6.81. The van der Waals surface area contributed by atoms with Crippen molar-refractivity contribution in [2.24, 2.45) is 11.8 Å². The number of methoxy groups -OCH3 is 1. The van der Waals surface area contributed by atoms with E-state index in [4.69, 9.17) is 4.74 Å². The zero-order chi connectivity index (χ0) is 15.2. The lowest BCUT2D eigenvalue weighted by atomic mass is 9.87. The van der Waals surface area contributed by atoms with Gasteiger partial charge in [0, 0.05) is 19.3 Å². The summed E-state index contributed by atoms with van der Waals surface area (Å²) in [6.45, 7) is 10.4. The van der Waals surface area contributed by atoms with Crippen LogP contribution < -0.4 is 5.32 Å². The van der Waals surface area contributed by atoms with Crippen molar-refractivity contribution in [3.05, 3.63) is 35.6 Å². The van der Waals surface area contributed by atoms with E-state index < -0.39 is 0 Å². The van der Waals surface area contributed by atoms with E-state index in [1.54, 1.807) is 7.11 Å². The van der Waals surface area contributed by atoms with Crippen molar-refractivity contribution in [2.45, 2.75) is 39.7 Å². The van der Waals surface area contributed by atoms with E-state index in [0.29, 0.717) is 11.8 Å². The monoisotopic (exact) mass is 281 g/mol. The van der Waals surface area contributed by atoms with Gasteiger partial charge in [0.1, 0.15) is 5.82 Å². The van der Waals surface area contributed by atoms with Gasteiger partial charge in [-0.1, -0.05) is 19.1 Å². The molecule has 0 aliphatic heterocycles. The maximum Gasteiger partial charge on any atom is 0.123 e. The molecule has 0 aliphatic carbocycles. The third-order valence-electron chi connectivity index (χ3n) is 3.54. The van der Waals surface area contributed by atoms with Gasteiger partial charge in [-0.25, -0.2) is 4.39 Å². The zero-order valence-electron chi connectivity index (χ0n) is 13.4. The largest absolute Gasteiger partial charge is 0.384 e. The minimum absolute atomic E-state index is 0.105. The molecular formula is C17H28FNO. The van der Waals surface area contributed by atoms with Crippen molar-refractivity contribution >= 4 is 0 Å². The van der Waals surface area contributed by atoms with E-state index in [1.165, 1.54) is 17.7 Å². The van der Waals surface area contributed by atoms with Crippen LogP contribution in [0, 0.1) is 17.7 Å². The molecule has 0 radical (unpaired) electrons. The summed E-state index contributed by atoms with van der Waals surface area (Å²) in [4.78, 5) is 0. The standard InChI is InChI=1S/C17H28FNO/c1-13(12-20-5)15(11-19-17(2,3)4)10-14-6-8-16(18)9-7-14/h6-9,13,15,19H,10-12H2,1-5H3. The Labute approximate surface area is 122 Å². The number of rotatable bonds is 7. The van der Waals surface area contributed by atoms with Crippen molar-refractivity contribution in [1.29, 1.82) is 0 Å². The first kappa shape index (κ1) is 17.1. The first-order valence-electron chi connectivity index (χ1n) is 7.30. The molecule has 0 aromatic heterocycles. The Morgan fingerprint density at radius 1 is 1.20 bits per heavy atom. The second kappa shape index (κ2) is 7.75. The minimum Gasteiger partial charge on any atom is -0.384 e. The molecule has 0 spiro atoms. The molecule has 0 aliphatic rings. The zero-order valence-corrected chi connectivity index (χ0v) is 13.4. The third kappa shape index (κ3) is 6.49. The summed E-state index contributed by atoms with van der Waals surface area (Å²) in [5.74, 6) is 0.752. The SMILES string of the molecule is COCC(C)C(CNC(C)(C)C)Cc1ccc(F)cc1. The molecule has 0 heterocycles. The van der Waals surface area contributed by atoms with Crippen LogP contribution in [0.3, 0.4) is 0 Å². The Hall–Kier alpha value is -0.930. The van der Waals surface area contributed by atoms with E-state index in [9.17, 15) is 4.39 Å². The number of hydrogen-bond donors (Lipinski definition) is 1. The van der Waals surface area contributed by atoms with Crippen LogP contribution in [0.2, 0.25) is 0 Å². The fourth-order valence-corrected chi connectivity index (χ4v) is 2.23. The van der Waals surface area contributed by atoms with Crippen molar-refractivity contribution in [2.75, 3.05) is 20.3 Å². The van der Waals surface area contributed by atoms with Gasteiger partial charge in [0.15, 0.2) is 0 Å². The van der Waals surface area contributed by atoms with E-state index in [2.05, 4.69) is 33.0 Å². The van der Waals surface area contributed by atoms with Crippen LogP contribution in [0.5, 0.6) is 0 Å². The van der Waals surface area contributed by atoms with Gasteiger partial charge in [-0.05, 0) is 63.3 Å². The van der Waals surface area contributed by atoms with Crippen LogP contribution in [0.1, 0.15) is 33.3 Å². The van der Waals surface area contributed by atoms with Gasteiger partial charge in [0.05, 0.1) is 0 Å². The van der Waals surface area contributed by atoms with Gasteiger partial charge >= 0.3 is 0 Å². The Kier molecular flexibility index (Phi) is 6.63. The van der Waals surface area contributed by atoms with Crippen LogP contribution in [-0.2, 0) is 11.2 Å². The topological polar surface area (TPSA) is 21.3 Å². The summed E-state index contributed by atoms with van der Waals surface area (Å²) in [5.41, 5.74) is 1.28. The molecule has 0 saturated heterocycles. The Balaban J connectivity index is 2.68. The predicted molar refractivity (Wildman–Crippen MR) is 82.4 cm³/mol. The van der Waals surface area contributed by atoms with Gasteiger partial charge in [-0.3, -0.25) is 0 Å². The lowest BCUT2D eigenvalue weighted by Gasteiger charge is -2.29. The smallest absolute Gasteiger partial charge is 0.123 e. The van der Waals surface area contributed by atoms with Gasteiger partial charge in [-0.2, -0.15) is 0 Å². The first-order valence-corrected chi connectivity index (χ1v) is 7.30. The van der Waals surface area contributed by atoms with Crippen molar-refractivity contribution < 1.29 is 9.13 Å². The molecule has 2 nitrogen and oxygen atoms in total. The fraction of sp³-hybridized carbons (Fsp3) is 0.647. The predicted octanol–water partition coefficient (Wildman–Crippen LogP) is 3.66. The molecular weight excluding hydrogens is 253 g/mol. The molecule has 20 heavy (non-hydrogen) atoms. The van der Waals surface area contributed by atoms with Gasteiger partial charge in [-0.15, -0.1) is 0 Å². The quantitative estimate of drug-likeness (QED) is 0.823. The van der Waals surface area contributed by atoms with E-state index in [-0.39, 0.29) is 11.4 Å². The first-order chi connectivity index (χ1) is 9.31. The third-order valence-corrected chi connectivity index (χ3v) is 3.54. The van der Waals surface area contributed by atoms with Crippen molar-refractivity contribution in [3.63, 3.8) is 0 Å². The number of halogens is 1. The minimum atomic E-state index is -0.178. The molecule has 2 unspecified atom stereocenters. The van der Waals surface area contributed by atoms with E-state index in [0.717, 1.165) is 19.6 Å². The van der Waals surface area contributed by atoms with Gasteiger partial charge < -0.3 is 10.1 Å². The average Bonchev–Trinajstić information content (AvgIpc) is 2.36. The molecule has 1 N–H and O–H groups in total. The summed E-state index contributed by atoms with van der Waals surface area (Å²) < 4.78 is 18.3. The summed E-state index contributed by atoms with van der Waals surface area (Å²) in [6.07, 6.45) is 0.938. The number of hydrogen-bond acceptors (Lipinski definition) is 2. The van der Waals surface area contributed by atoms with Crippen LogP contribution in [-0.4, -0.2) is 25.8 Å². The normalized spacial score (nSPS) is 15.1. The number of benzene rings is 1. The summed E-state index contributed by atoms with van der Waals surface area (Å²) >= 11 is 0. The molecule has 1 aromatic rings. The lowest BCUT2D eigenvalue weighted by Crippen LogP contribution is -2.41. The molecule has 2 atom stereocenters. The van der Waals surface area contributed by atoms with Crippen LogP contribution >= 0.6 is 0 Å². The van der Waals surface area contributed by atoms with Crippen molar-refractivity contribution in [3.8, 4) is 0 Å². The number of nitrogens with one attached hydrogen (secondary N) is 1. The Morgan fingerprint density at radius 2 is 1.80 bits per heavy atom. The summed E-state index contributed by atoms with van der Waals surface area (Å²) in [5, 5.41) is 3.56. The highest BCUT2D eigenvalue weighted by atomic mass is 19.1. The molecule has 114 valence electrons. The fourth-order valence-electron chi connectivity index (χ4n) is 2.23. The molecule has 0 bridgehead atoms. The van der Waals surface area contributed by atoms with E-state index >= 15 is 0 Å². The van der Waals surface area contributed by atoms with Crippen LogP contribution in [0.25, 0.3) is 0 Å². The maximum absolute atomic E-state index is 13.0. The van der Waals surface area contributed by atoms with E-state index in [1.807, 2.05) is 12.1 Å². The lowest BCUT2D eigenvalue weighted by molar-refractivity contribution is 0.125. The Morgan fingerprint density at radius 3 is 2.30 bits per heavy atom. The second-order valence-corrected chi connectivity index (χ2v) is 6.65.